The summed E-state index contributed by atoms with van der Waals surface area (Å²) in [4.78, 5) is 4.28. The number of aromatic nitrogens is 3. The van der Waals surface area contributed by atoms with Crippen LogP contribution in [0.5, 0.6) is 0 Å². The number of rotatable bonds is 0. The molecule has 0 aliphatic carbocycles. The Kier molecular flexibility index (Phi) is 1.60. The summed E-state index contributed by atoms with van der Waals surface area (Å²) >= 11 is 0. The normalized spacial score (nSPS) is 13.3. The molecule has 0 saturated carbocycles. The summed E-state index contributed by atoms with van der Waals surface area (Å²) in [7, 11) is 0. The molecule has 0 spiro atoms. The van der Waals surface area contributed by atoms with Gasteiger partial charge in [0.15, 0.2) is 5.65 Å². The summed E-state index contributed by atoms with van der Waals surface area (Å²) in [6.45, 7) is 8.42. The predicted molar refractivity (Wildman–Crippen MR) is 56.4 cm³/mol. The van der Waals surface area contributed by atoms with Crippen LogP contribution in [-0.2, 0) is 5.41 Å². The molecular weight excluding hydrogens is 174 g/mol. The Bertz CT molecular complexity index is 508. The number of aryl methyl sites for hydroxylation is 1. The fraction of sp³-hybridized carbons (Fsp3) is 0.455. The highest BCUT2D eigenvalue weighted by atomic mass is 15.2. The van der Waals surface area contributed by atoms with Gasteiger partial charge >= 0.3 is 0 Å². The Morgan fingerprint density at radius 2 is 2.14 bits per heavy atom. The van der Waals surface area contributed by atoms with Crippen LogP contribution in [0.1, 0.15) is 33.4 Å². The lowest BCUT2D eigenvalue weighted by atomic mass is 9.87. The minimum absolute atomic E-state index is 0.0301. The molecule has 2 rings (SSSR count). The molecule has 0 atom stereocenters. The maximum atomic E-state index is 7.49. The van der Waals surface area contributed by atoms with Crippen LogP contribution in [0.25, 0.3) is 5.65 Å². The average Bonchev–Trinajstić information content (AvgIpc) is 2.38. The molecule has 2 aromatic heterocycles. The minimum Gasteiger partial charge on any atom is -0.237 e. The third-order valence-electron chi connectivity index (χ3n) is 2.27. The third-order valence-corrected chi connectivity index (χ3v) is 2.27. The van der Waals surface area contributed by atoms with Crippen LogP contribution in [0, 0.1) is 6.92 Å². The highest BCUT2D eigenvalue weighted by molar-refractivity contribution is 5.53. The molecule has 0 amide bonds. The fourth-order valence-electron chi connectivity index (χ4n) is 1.83. The van der Waals surface area contributed by atoms with Crippen molar-refractivity contribution in [3.63, 3.8) is 0 Å². The van der Waals surface area contributed by atoms with Crippen molar-refractivity contribution >= 4 is 5.65 Å². The van der Waals surface area contributed by atoms with E-state index in [0.717, 1.165) is 16.9 Å². The summed E-state index contributed by atoms with van der Waals surface area (Å²) in [6.07, 6.45) is 3.25. The first-order chi connectivity index (χ1) is 6.89. The molecule has 2 heterocycles. The standard InChI is InChI=1S/C11H15N3/c1-8-9(11(2,3)4)10-12-6-5-7-14(10)13-8/h5-7H,1-4H3/i5D. The predicted octanol–water partition coefficient (Wildman–Crippen LogP) is 2.34. The summed E-state index contributed by atoms with van der Waals surface area (Å²) in [5.74, 6) is 0. The van der Waals surface area contributed by atoms with E-state index >= 15 is 0 Å². The van der Waals surface area contributed by atoms with Crippen LogP contribution in [0.15, 0.2) is 18.4 Å². The molecule has 14 heavy (non-hydrogen) atoms. The monoisotopic (exact) mass is 190 g/mol. The maximum absolute atomic E-state index is 7.49. The van der Waals surface area contributed by atoms with E-state index in [2.05, 4.69) is 30.9 Å². The molecule has 0 aromatic carbocycles. The van der Waals surface area contributed by atoms with Crippen LogP contribution < -0.4 is 0 Å². The van der Waals surface area contributed by atoms with Crippen molar-refractivity contribution in [2.24, 2.45) is 0 Å². The first kappa shape index (κ1) is 7.97. The molecule has 0 aliphatic heterocycles. The Labute approximate surface area is 85.2 Å². The summed E-state index contributed by atoms with van der Waals surface area (Å²) < 4.78 is 9.18. The van der Waals surface area contributed by atoms with Gasteiger partial charge in [0.05, 0.1) is 7.06 Å². The van der Waals surface area contributed by atoms with E-state index in [-0.39, 0.29) is 5.41 Å². The Balaban J connectivity index is 2.80. The quantitative estimate of drug-likeness (QED) is 0.638. The smallest absolute Gasteiger partial charge is 0.158 e. The lowest BCUT2D eigenvalue weighted by Crippen LogP contribution is -2.12. The van der Waals surface area contributed by atoms with Crippen molar-refractivity contribution in [2.75, 3.05) is 0 Å². The van der Waals surface area contributed by atoms with Gasteiger partial charge in [-0.15, -0.1) is 0 Å². The zero-order valence-electron chi connectivity index (χ0n) is 10.00. The van der Waals surface area contributed by atoms with Gasteiger partial charge in [-0.05, 0) is 18.4 Å². The molecule has 0 aliphatic rings. The van der Waals surface area contributed by atoms with Crippen molar-refractivity contribution in [3.8, 4) is 0 Å². The molecule has 3 heteroatoms. The second-order valence-corrected chi connectivity index (χ2v) is 4.53. The van der Waals surface area contributed by atoms with Gasteiger partial charge in [-0.2, -0.15) is 5.10 Å². The Morgan fingerprint density at radius 3 is 2.79 bits per heavy atom. The lowest BCUT2D eigenvalue weighted by molar-refractivity contribution is 0.590. The number of fused-ring (bicyclic) bond motifs is 1. The van der Waals surface area contributed by atoms with Gasteiger partial charge in [-0.3, -0.25) is 0 Å². The summed E-state index contributed by atoms with van der Waals surface area (Å²) in [6, 6.07) is 0.380. The van der Waals surface area contributed by atoms with E-state index < -0.39 is 0 Å². The topological polar surface area (TPSA) is 30.2 Å². The van der Waals surface area contributed by atoms with E-state index in [0.29, 0.717) is 6.04 Å². The van der Waals surface area contributed by atoms with Crippen LogP contribution in [-0.4, -0.2) is 14.6 Å². The minimum atomic E-state index is 0.0301. The van der Waals surface area contributed by atoms with E-state index in [4.69, 9.17) is 1.37 Å². The van der Waals surface area contributed by atoms with Crippen LogP contribution in [0.4, 0.5) is 0 Å². The molecule has 0 N–H and O–H groups in total. The van der Waals surface area contributed by atoms with E-state index in [1.54, 1.807) is 16.9 Å². The van der Waals surface area contributed by atoms with E-state index in [1.807, 2.05) is 6.92 Å². The fourth-order valence-corrected chi connectivity index (χ4v) is 1.83. The van der Waals surface area contributed by atoms with Crippen molar-refractivity contribution < 1.29 is 1.37 Å². The molecule has 0 unspecified atom stereocenters. The van der Waals surface area contributed by atoms with E-state index in [1.165, 1.54) is 0 Å². The Hall–Kier alpha value is -1.38. The van der Waals surface area contributed by atoms with Crippen molar-refractivity contribution in [1.29, 1.82) is 0 Å². The molecule has 74 valence electrons. The van der Waals surface area contributed by atoms with E-state index in [9.17, 15) is 0 Å². The van der Waals surface area contributed by atoms with Crippen LogP contribution in [0.2, 0.25) is 0 Å². The average molecular weight is 190 g/mol. The highest BCUT2D eigenvalue weighted by Crippen LogP contribution is 2.27. The van der Waals surface area contributed by atoms with Gasteiger partial charge in [-0.25, -0.2) is 9.50 Å². The first-order valence-electron chi connectivity index (χ1n) is 5.21. The second-order valence-electron chi connectivity index (χ2n) is 4.53. The number of nitrogens with zero attached hydrogens (tertiary/aromatic N) is 3. The highest BCUT2D eigenvalue weighted by Gasteiger charge is 2.22. The molecule has 3 nitrogen and oxygen atoms in total. The summed E-state index contributed by atoms with van der Waals surface area (Å²) in [5.41, 5.74) is 3.03. The number of hydrogen-bond acceptors (Lipinski definition) is 2. The number of hydrogen-bond donors (Lipinski definition) is 0. The van der Waals surface area contributed by atoms with Gasteiger partial charge in [0, 0.05) is 18.0 Å². The van der Waals surface area contributed by atoms with Crippen molar-refractivity contribution in [1.82, 2.24) is 14.6 Å². The van der Waals surface area contributed by atoms with Crippen LogP contribution in [0.3, 0.4) is 0 Å². The first-order valence-corrected chi connectivity index (χ1v) is 4.71. The van der Waals surface area contributed by atoms with Gasteiger partial charge in [-0.1, -0.05) is 20.8 Å². The van der Waals surface area contributed by atoms with Crippen LogP contribution >= 0.6 is 0 Å². The van der Waals surface area contributed by atoms with Crippen molar-refractivity contribution in [3.05, 3.63) is 29.7 Å². The molecule has 0 saturated heterocycles. The maximum Gasteiger partial charge on any atom is 0.158 e. The van der Waals surface area contributed by atoms with Crippen molar-refractivity contribution in [2.45, 2.75) is 33.1 Å². The third kappa shape index (κ3) is 1.29. The molecule has 2 aromatic rings. The zero-order chi connectivity index (χ0) is 11.2. The molecular formula is C11H15N3. The largest absolute Gasteiger partial charge is 0.237 e. The summed E-state index contributed by atoms with van der Waals surface area (Å²) in [5, 5.41) is 4.37. The Morgan fingerprint density at radius 1 is 1.43 bits per heavy atom. The SMILES string of the molecule is [2H]c1cnc2c(C(C)(C)C)c(C)nn2c1. The zero-order valence-corrected chi connectivity index (χ0v) is 9.00. The van der Waals surface area contributed by atoms with Gasteiger partial charge in [0.1, 0.15) is 0 Å². The molecule has 0 bridgehead atoms. The molecule has 0 radical (unpaired) electrons. The molecule has 0 fully saturated rings. The second kappa shape index (κ2) is 2.80. The lowest BCUT2D eigenvalue weighted by Gasteiger charge is -2.17. The van der Waals surface area contributed by atoms with Gasteiger partial charge < -0.3 is 0 Å². The van der Waals surface area contributed by atoms with Gasteiger partial charge in [0.2, 0.25) is 0 Å². The van der Waals surface area contributed by atoms with Gasteiger partial charge in [0.25, 0.3) is 0 Å².